The fourth-order valence-corrected chi connectivity index (χ4v) is 2.42. The Balaban J connectivity index is 2.03. The van der Waals surface area contributed by atoms with E-state index < -0.39 is 5.97 Å². The number of carbonyl (C=O) groups is 2. The highest BCUT2D eigenvalue weighted by molar-refractivity contribution is 6.32. The molecule has 1 fully saturated rings. The van der Waals surface area contributed by atoms with Crippen LogP contribution in [0.5, 0.6) is 5.75 Å². The summed E-state index contributed by atoms with van der Waals surface area (Å²) in [6.45, 7) is 1.27. The largest absolute Gasteiger partial charge is 0.481 e. The zero-order chi connectivity index (χ0) is 14.5. The van der Waals surface area contributed by atoms with E-state index in [1.807, 2.05) is 0 Å². The summed E-state index contributed by atoms with van der Waals surface area (Å²) in [5, 5.41) is 9.26. The Bertz CT molecular complexity index is 512. The summed E-state index contributed by atoms with van der Waals surface area (Å²) in [6, 6.07) is 4.47. The third-order valence-corrected chi connectivity index (χ3v) is 3.54. The monoisotopic (exact) mass is 297 g/mol. The molecule has 6 heteroatoms. The summed E-state index contributed by atoms with van der Waals surface area (Å²) in [7, 11) is 0. The van der Waals surface area contributed by atoms with Crippen LogP contribution in [0, 0.1) is 0 Å². The zero-order valence-corrected chi connectivity index (χ0v) is 11.7. The van der Waals surface area contributed by atoms with Crippen molar-refractivity contribution in [2.75, 3.05) is 19.7 Å². The van der Waals surface area contributed by atoms with Gasteiger partial charge in [-0.25, -0.2) is 4.79 Å². The van der Waals surface area contributed by atoms with Crippen LogP contribution in [0.2, 0.25) is 5.02 Å². The average molecular weight is 298 g/mol. The Morgan fingerprint density at radius 2 is 1.95 bits per heavy atom. The minimum atomic E-state index is -1.13. The van der Waals surface area contributed by atoms with Crippen LogP contribution in [0.3, 0.4) is 0 Å². The van der Waals surface area contributed by atoms with E-state index in [-0.39, 0.29) is 28.8 Å². The van der Waals surface area contributed by atoms with Crippen LogP contribution in [0.4, 0.5) is 0 Å². The first-order valence-corrected chi connectivity index (χ1v) is 6.90. The normalized spacial score (nSPS) is 14.9. The second-order valence-corrected chi connectivity index (χ2v) is 5.06. The van der Waals surface area contributed by atoms with E-state index in [0.717, 1.165) is 32.4 Å². The second-order valence-electron chi connectivity index (χ2n) is 4.65. The van der Waals surface area contributed by atoms with E-state index in [1.54, 1.807) is 4.90 Å². The maximum Gasteiger partial charge on any atom is 0.339 e. The van der Waals surface area contributed by atoms with Gasteiger partial charge in [0, 0.05) is 13.1 Å². The number of benzene rings is 1. The maximum absolute atomic E-state index is 12.0. The van der Waals surface area contributed by atoms with Crippen molar-refractivity contribution < 1.29 is 19.4 Å². The highest BCUT2D eigenvalue weighted by Crippen LogP contribution is 2.28. The predicted octanol–water partition coefficient (Wildman–Crippen LogP) is 2.43. The molecule has 1 N–H and O–H groups in total. The Labute approximate surface area is 122 Å². The van der Waals surface area contributed by atoms with E-state index >= 15 is 0 Å². The minimum Gasteiger partial charge on any atom is -0.481 e. The lowest BCUT2D eigenvalue weighted by Gasteiger charge is -2.26. The van der Waals surface area contributed by atoms with Gasteiger partial charge in [0.25, 0.3) is 5.91 Å². The summed E-state index contributed by atoms with van der Waals surface area (Å²) in [4.78, 5) is 24.8. The number of para-hydroxylation sites is 1. The lowest BCUT2D eigenvalue weighted by molar-refractivity contribution is -0.134. The molecule has 0 radical (unpaired) electrons. The first kappa shape index (κ1) is 14.7. The van der Waals surface area contributed by atoms with Crippen molar-refractivity contribution in [1.82, 2.24) is 4.90 Å². The Kier molecular flexibility index (Phi) is 4.84. The molecule has 0 bridgehead atoms. The number of hydrogen-bond donors (Lipinski definition) is 1. The van der Waals surface area contributed by atoms with Gasteiger partial charge in [0.15, 0.2) is 12.4 Å². The first-order valence-electron chi connectivity index (χ1n) is 6.52. The number of aromatic carboxylic acids is 1. The fourth-order valence-electron chi connectivity index (χ4n) is 2.19. The molecule has 5 nitrogen and oxygen atoms in total. The van der Waals surface area contributed by atoms with Crippen LogP contribution in [0.15, 0.2) is 18.2 Å². The van der Waals surface area contributed by atoms with Crippen LogP contribution in [-0.2, 0) is 4.79 Å². The molecule has 108 valence electrons. The van der Waals surface area contributed by atoms with Gasteiger partial charge in [-0.3, -0.25) is 4.79 Å². The van der Waals surface area contributed by atoms with Gasteiger partial charge in [-0.05, 0) is 31.4 Å². The molecule has 1 aromatic rings. The Morgan fingerprint density at radius 1 is 1.25 bits per heavy atom. The average Bonchev–Trinajstić information content (AvgIpc) is 2.46. The van der Waals surface area contributed by atoms with Crippen LogP contribution < -0.4 is 4.74 Å². The summed E-state index contributed by atoms with van der Waals surface area (Å²) >= 11 is 5.93. The molecule has 1 heterocycles. The van der Waals surface area contributed by atoms with Crippen molar-refractivity contribution in [2.24, 2.45) is 0 Å². The molecule has 1 saturated heterocycles. The molecule has 2 rings (SSSR count). The number of nitrogens with zero attached hydrogens (tertiary/aromatic N) is 1. The lowest BCUT2D eigenvalue weighted by atomic mass is 10.1. The van der Waals surface area contributed by atoms with Gasteiger partial charge in [-0.15, -0.1) is 0 Å². The van der Waals surface area contributed by atoms with Crippen LogP contribution >= 0.6 is 11.6 Å². The molecule has 1 aliphatic heterocycles. The number of carboxylic acid groups (broad SMARTS) is 1. The van der Waals surface area contributed by atoms with Crippen LogP contribution in [0.25, 0.3) is 0 Å². The number of carbonyl (C=O) groups excluding carboxylic acids is 1. The molecule has 0 unspecified atom stereocenters. The molecule has 0 aliphatic carbocycles. The minimum absolute atomic E-state index is 0.0380. The van der Waals surface area contributed by atoms with Gasteiger partial charge in [0.1, 0.15) is 5.56 Å². The predicted molar refractivity (Wildman–Crippen MR) is 74.3 cm³/mol. The number of halogens is 1. The fraction of sp³-hybridized carbons (Fsp3) is 0.429. The van der Waals surface area contributed by atoms with Gasteiger partial charge in [0.05, 0.1) is 5.02 Å². The van der Waals surface area contributed by atoms with E-state index in [0.29, 0.717) is 0 Å². The number of likely N-dealkylation sites (tertiary alicyclic amines) is 1. The van der Waals surface area contributed by atoms with E-state index in [9.17, 15) is 9.59 Å². The third kappa shape index (κ3) is 3.42. The molecule has 0 saturated carbocycles. The lowest BCUT2D eigenvalue weighted by Crippen LogP contribution is -2.38. The van der Waals surface area contributed by atoms with Crippen molar-refractivity contribution >= 4 is 23.5 Å². The number of rotatable bonds is 4. The van der Waals surface area contributed by atoms with E-state index in [1.165, 1.54) is 18.2 Å². The number of hydrogen-bond acceptors (Lipinski definition) is 3. The molecule has 0 spiro atoms. The van der Waals surface area contributed by atoms with E-state index in [2.05, 4.69) is 0 Å². The molecule has 1 aromatic carbocycles. The zero-order valence-electron chi connectivity index (χ0n) is 11.0. The Hall–Kier alpha value is -1.75. The summed E-state index contributed by atoms with van der Waals surface area (Å²) in [5.74, 6) is -1.22. The van der Waals surface area contributed by atoms with Gasteiger partial charge in [-0.2, -0.15) is 0 Å². The maximum atomic E-state index is 12.0. The van der Waals surface area contributed by atoms with Crippen molar-refractivity contribution in [1.29, 1.82) is 0 Å². The first-order chi connectivity index (χ1) is 9.59. The topological polar surface area (TPSA) is 66.8 Å². The third-order valence-electron chi connectivity index (χ3n) is 3.25. The van der Waals surface area contributed by atoms with Gasteiger partial charge in [-0.1, -0.05) is 17.7 Å². The van der Waals surface area contributed by atoms with Gasteiger partial charge >= 0.3 is 5.97 Å². The van der Waals surface area contributed by atoms with Crippen molar-refractivity contribution in [3.63, 3.8) is 0 Å². The molecule has 0 atom stereocenters. The summed E-state index contributed by atoms with van der Waals surface area (Å²) in [6.07, 6.45) is 3.13. The van der Waals surface area contributed by atoms with Crippen molar-refractivity contribution in [3.8, 4) is 5.75 Å². The van der Waals surface area contributed by atoms with Crippen molar-refractivity contribution in [3.05, 3.63) is 28.8 Å². The SMILES string of the molecule is O=C(O)c1cccc(Cl)c1OCC(=O)N1CCCCC1. The van der Waals surface area contributed by atoms with Crippen LogP contribution in [-0.4, -0.2) is 41.6 Å². The highest BCUT2D eigenvalue weighted by atomic mass is 35.5. The van der Waals surface area contributed by atoms with Crippen molar-refractivity contribution in [2.45, 2.75) is 19.3 Å². The molecule has 20 heavy (non-hydrogen) atoms. The molecule has 1 amide bonds. The second kappa shape index (κ2) is 6.61. The number of amides is 1. The number of carboxylic acids is 1. The van der Waals surface area contributed by atoms with Gasteiger partial charge < -0.3 is 14.7 Å². The van der Waals surface area contributed by atoms with E-state index in [4.69, 9.17) is 21.4 Å². The standard InChI is InChI=1S/C14H16ClNO4/c15-11-6-4-5-10(14(18)19)13(11)20-9-12(17)16-7-2-1-3-8-16/h4-6H,1-3,7-9H2,(H,18,19). The smallest absolute Gasteiger partial charge is 0.339 e. The van der Waals surface area contributed by atoms with Crippen LogP contribution in [0.1, 0.15) is 29.6 Å². The number of piperidine rings is 1. The molecule has 0 aromatic heterocycles. The quantitative estimate of drug-likeness (QED) is 0.927. The molecular weight excluding hydrogens is 282 g/mol. The summed E-state index contributed by atoms with van der Waals surface area (Å²) in [5.41, 5.74) is -0.0380. The van der Waals surface area contributed by atoms with Gasteiger partial charge in [0.2, 0.25) is 0 Å². The highest BCUT2D eigenvalue weighted by Gasteiger charge is 2.19. The molecular formula is C14H16ClNO4. The number of ether oxygens (including phenoxy) is 1. The Morgan fingerprint density at radius 3 is 2.60 bits per heavy atom. The summed E-state index contributed by atoms with van der Waals surface area (Å²) < 4.78 is 5.34. The molecule has 1 aliphatic rings.